The molecule has 0 radical (unpaired) electrons. The molecule has 0 heterocycles. The summed E-state index contributed by atoms with van der Waals surface area (Å²) < 4.78 is 5.97. The average molecular weight is 309 g/mol. The van der Waals surface area contributed by atoms with Crippen LogP contribution in [0.1, 0.15) is 32.6 Å². The van der Waals surface area contributed by atoms with E-state index in [1.54, 1.807) is 0 Å². The van der Waals surface area contributed by atoms with Gasteiger partial charge in [0.25, 0.3) is 5.91 Å². The van der Waals surface area contributed by atoms with Gasteiger partial charge in [-0.2, -0.15) is 0 Å². The summed E-state index contributed by atoms with van der Waals surface area (Å²) >= 11 is 0. The maximum absolute atomic E-state index is 12.5. The molecule has 4 atom stereocenters. The number of rotatable bonds is 4. The maximum Gasteiger partial charge on any atom is 0.261 e. The lowest BCUT2D eigenvalue weighted by Crippen LogP contribution is -2.44. The number of hydrogen-bond acceptors (Lipinski definition) is 2. The molecule has 4 rings (SSSR count). The van der Waals surface area contributed by atoms with Crippen LogP contribution in [0.4, 0.5) is 0 Å². The molecule has 0 aromatic heterocycles. The Morgan fingerprint density at radius 3 is 2.74 bits per heavy atom. The Kier molecular flexibility index (Phi) is 3.72. The highest BCUT2D eigenvalue weighted by atomic mass is 16.5. The molecule has 2 aliphatic carbocycles. The van der Waals surface area contributed by atoms with Crippen LogP contribution >= 0.6 is 0 Å². The van der Waals surface area contributed by atoms with Crippen molar-refractivity contribution < 1.29 is 9.53 Å². The fourth-order valence-electron chi connectivity index (χ4n) is 4.26. The van der Waals surface area contributed by atoms with E-state index >= 15 is 0 Å². The van der Waals surface area contributed by atoms with Crippen molar-refractivity contribution in [3.63, 3.8) is 0 Å². The molecule has 3 nitrogen and oxygen atoms in total. The molecule has 0 spiro atoms. The van der Waals surface area contributed by atoms with Crippen LogP contribution in [0.2, 0.25) is 0 Å². The third kappa shape index (κ3) is 2.80. The van der Waals surface area contributed by atoms with Crippen molar-refractivity contribution in [1.29, 1.82) is 0 Å². The Labute approximate surface area is 137 Å². The Balaban J connectivity index is 1.44. The first kappa shape index (κ1) is 14.6. The zero-order chi connectivity index (χ0) is 15.8. The highest BCUT2D eigenvalue weighted by Crippen LogP contribution is 2.44. The first-order valence-corrected chi connectivity index (χ1v) is 8.65. The number of carbonyl (C=O) groups excluding carboxylic acids is 1. The number of benzene rings is 2. The van der Waals surface area contributed by atoms with Crippen molar-refractivity contribution in [2.45, 2.75) is 44.8 Å². The van der Waals surface area contributed by atoms with Crippen LogP contribution in [0, 0.1) is 11.8 Å². The van der Waals surface area contributed by atoms with Crippen LogP contribution in [0.5, 0.6) is 5.75 Å². The summed E-state index contributed by atoms with van der Waals surface area (Å²) in [5.74, 6) is 2.31. The van der Waals surface area contributed by atoms with Crippen LogP contribution in [-0.4, -0.2) is 18.1 Å². The van der Waals surface area contributed by atoms with Gasteiger partial charge in [0, 0.05) is 11.4 Å². The van der Waals surface area contributed by atoms with E-state index in [1.165, 1.54) is 19.3 Å². The van der Waals surface area contributed by atoms with Crippen molar-refractivity contribution in [2.75, 3.05) is 0 Å². The first-order valence-electron chi connectivity index (χ1n) is 8.65. The van der Waals surface area contributed by atoms with Gasteiger partial charge in [-0.05, 0) is 49.5 Å². The van der Waals surface area contributed by atoms with Gasteiger partial charge in [-0.25, -0.2) is 0 Å². The summed E-state index contributed by atoms with van der Waals surface area (Å²) in [6, 6.07) is 14.4. The van der Waals surface area contributed by atoms with E-state index in [4.69, 9.17) is 4.74 Å². The Morgan fingerprint density at radius 1 is 1.13 bits per heavy atom. The van der Waals surface area contributed by atoms with Crippen molar-refractivity contribution in [1.82, 2.24) is 5.32 Å². The minimum absolute atomic E-state index is 0.00971. The van der Waals surface area contributed by atoms with Gasteiger partial charge >= 0.3 is 0 Å². The van der Waals surface area contributed by atoms with E-state index in [0.29, 0.717) is 12.0 Å². The molecule has 0 unspecified atom stereocenters. The van der Waals surface area contributed by atoms with Crippen LogP contribution in [0.25, 0.3) is 10.8 Å². The summed E-state index contributed by atoms with van der Waals surface area (Å²) in [5, 5.41) is 5.40. The first-order chi connectivity index (χ1) is 11.2. The number of hydrogen-bond donors (Lipinski definition) is 1. The van der Waals surface area contributed by atoms with Gasteiger partial charge in [0.2, 0.25) is 0 Å². The predicted octanol–water partition coefficient (Wildman–Crippen LogP) is 3.91. The van der Waals surface area contributed by atoms with Gasteiger partial charge in [-0.3, -0.25) is 4.79 Å². The van der Waals surface area contributed by atoms with Crippen LogP contribution < -0.4 is 10.1 Å². The number of fused-ring (bicyclic) bond motifs is 3. The average Bonchev–Trinajstić information content (AvgIpc) is 3.18. The Morgan fingerprint density at radius 2 is 1.96 bits per heavy atom. The number of amides is 1. The SMILES string of the molecule is C[C@@H](Oc1cccc2ccccc12)C(=O)N[C@@H]1C[C@@H]2CC[C@@H]1C2. The Bertz CT molecular complexity index is 721. The minimum Gasteiger partial charge on any atom is -0.480 e. The molecular formula is C20H23NO2. The second-order valence-corrected chi connectivity index (χ2v) is 7.03. The van der Waals surface area contributed by atoms with E-state index < -0.39 is 6.10 Å². The number of nitrogens with one attached hydrogen (secondary N) is 1. The van der Waals surface area contributed by atoms with Gasteiger partial charge in [-0.1, -0.05) is 42.8 Å². The summed E-state index contributed by atoms with van der Waals surface area (Å²) in [6.07, 6.45) is 4.59. The fraction of sp³-hybridized carbons (Fsp3) is 0.450. The second-order valence-electron chi connectivity index (χ2n) is 7.03. The van der Waals surface area contributed by atoms with Crippen LogP contribution in [0.3, 0.4) is 0 Å². The molecule has 1 N–H and O–H groups in total. The van der Waals surface area contributed by atoms with E-state index in [1.807, 2.05) is 37.3 Å². The van der Waals surface area contributed by atoms with Crippen molar-refractivity contribution in [3.05, 3.63) is 42.5 Å². The molecule has 23 heavy (non-hydrogen) atoms. The zero-order valence-corrected chi connectivity index (χ0v) is 13.5. The molecule has 2 saturated carbocycles. The summed E-state index contributed by atoms with van der Waals surface area (Å²) in [7, 11) is 0. The molecule has 2 aliphatic rings. The third-order valence-electron chi connectivity index (χ3n) is 5.49. The summed E-state index contributed by atoms with van der Waals surface area (Å²) in [6.45, 7) is 1.84. The van der Waals surface area contributed by atoms with Gasteiger partial charge in [0.15, 0.2) is 6.10 Å². The second kappa shape index (κ2) is 5.88. The molecular weight excluding hydrogens is 286 g/mol. The largest absolute Gasteiger partial charge is 0.480 e. The lowest BCUT2D eigenvalue weighted by atomic mass is 9.95. The van der Waals surface area contributed by atoms with E-state index in [-0.39, 0.29) is 5.91 Å². The monoisotopic (exact) mass is 309 g/mol. The zero-order valence-electron chi connectivity index (χ0n) is 13.5. The Hall–Kier alpha value is -2.03. The topological polar surface area (TPSA) is 38.3 Å². The van der Waals surface area contributed by atoms with Crippen LogP contribution in [-0.2, 0) is 4.79 Å². The summed E-state index contributed by atoms with van der Waals surface area (Å²) in [4.78, 5) is 12.5. The van der Waals surface area contributed by atoms with Crippen LogP contribution in [0.15, 0.2) is 42.5 Å². The minimum atomic E-state index is -0.472. The molecule has 0 aliphatic heterocycles. The van der Waals surface area contributed by atoms with E-state index in [9.17, 15) is 4.79 Å². The predicted molar refractivity (Wildman–Crippen MR) is 91.4 cm³/mol. The van der Waals surface area contributed by atoms with Gasteiger partial charge < -0.3 is 10.1 Å². The smallest absolute Gasteiger partial charge is 0.261 e. The maximum atomic E-state index is 12.5. The molecule has 1 amide bonds. The molecule has 2 aromatic rings. The van der Waals surface area contributed by atoms with Gasteiger partial charge in [0.1, 0.15) is 5.75 Å². The van der Waals surface area contributed by atoms with E-state index in [2.05, 4.69) is 17.4 Å². The van der Waals surface area contributed by atoms with E-state index in [0.717, 1.165) is 28.9 Å². The number of carbonyl (C=O) groups is 1. The van der Waals surface area contributed by atoms with Gasteiger partial charge in [-0.15, -0.1) is 0 Å². The quantitative estimate of drug-likeness (QED) is 0.930. The molecule has 120 valence electrons. The molecule has 0 saturated heterocycles. The molecule has 3 heteroatoms. The third-order valence-corrected chi connectivity index (χ3v) is 5.49. The van der Waals surface area contributed by atoms with Crippen molar-refractivity contribution in [2.24, 2.45) is 11.8 Å². The molecule has 2 bridgehead atoms. The standard InChI is InChI=1S/C20H23NO2/c1-13(20(22)21-18-12-14-9-10-16(18)11-14)23-19-8-4-6-15-5-2-3-7-17(15)19/h2-8,13-14,16,18H,9-12H2,1H3,(H,21,22)/t13-,14-,16-,18-/m1/s1. The normalized spacial score (nSPS) is 27.1. The lowest BCUT2D eigenvalue weighted by molar-refractivity contribution is -0.128. The molecule has 2 fully saturated rings. The summed E-state index contributed by atoms with van der Waals surface area (Å²) in [5.41, 5.74) is 0. The van der Waals surface area contributed by atoms with Gasteiger partial charge in [0.05, 0.1) is 0 Å². The van der Waals surface area contributed by atoms with Crippen molar-refractivity contribution >= 4 is 16.7 Å². The number of ether oxygens (including phenoxy) is 1. The molecule has 2 aromatic carbocycles. The lowest BCUT2D eigenvalue weighted by Gasteiger charge is -2.25. The fourth-order valence-corrected chi connectivity index (χ4v) is 4.26. The highest BCUT2D eigenvalue weighted by molar-refractivity contribution is 5.89. The van der Waals surface area contributed by atoms with Crippen molar-refractivity contribution in [3.8, 4) is 5.75 Å². The highest BCUT2D eigenvalue weighted by Gasteiger charge is 2.40.